The maximum absolute atomic E-state index is 4.25. The molecule has 1 aromatic rings. The quantitative estimate of drug-likeness (QED) is 0.445. The predicted molar refractivity (Wildman–Crippen MR) is 105 cm³/mol. The van der Waals surface area contributed by atoms with Crippen molar-refractivity contribution >= 4 is 0 Å². The summed E-state index contributed by atoms with van der Waals surface area (Å²) in [5.41, 5.74) is 6.35. The lowest BCUT2D eigenvalue weighted by Gasteiger charge is -2.31. The number of rotatable bonds is 8. The van der Waals surface area contributed by atoms with E-state index < -0.39 is 0 Å². The van der Waals surface area contributed by atoms with E-state index in [1.54, 1.807) is 0 Å². The third kappa shape index (κ3) is 4.72. The lowest BCUT2D eigenvalue weighted by Crippen LogP contribution is -2.22. The molecule has 0 aromatic heterocycles. The van der Waals surface area contributed by atoms with Gasteiger partial charge in [-0.2, -0.15) is 0 Å². The molecule has 23 heavy (non-hydrogen) atoms. The molecule has 0 nitrogen and oxygen atoms in total. The van der Waals surface area contributed by atoms with Gasteiger partial charge < -0.3 is 0 Å². The number of benzene rings is 1. The van der Waals surface area contributed by atoms with E-state index in [2.05, 4.69) is 80.2 Å². The Morgan fingerprint density at radius 2 is 1.57 bits per heavy atom. The smallest absolute Gasteiger partial charge is 0.0103 e. The van der Waals surface area contributed by atoms with Gasteiger partial charge in [-0.15, -0.1) is 0 Å². The number of hydrogen-bond acceptors (Lipinski definition) is 0. The molecular weight excluding hydrogens is 276 g/mol. The minimum absolute atomic E-state index is 0.225. The fourth-order valence-corrected chi connectivity index (χ4v) is 3.02. The Morgan fingerprint density at radius 1 is 1.00 bits per heavy atom. The van der Waals surface area contributed by atoms with Gasteiger partial charge in [0.1, 0.15) is 0 Å². The van der Waals surface area contributed by atoms with E-state index in [1.807, 2.05) is 0 Å². The monoisotopic (exact) mass is 314 g/mol. The zero-order valence-electron chi connectivity index (χ0n) is 16.8. The van der Waals surface area contributed by atoms with E-state index in [-0.39, 0.29) is 10.8 Å². The standard InChI is InChI=1S/C23H38/c1-10-17(4)18(5)15-19-13-14-20(22(6,7)11-2)16-21(19)23(8,9)12-3/h13-14,16,18H,4,10-12,15H2,1-3,5-9H3. The van der Waals surface area contributed by atoms with Gasteiger partial charge in [0.05, 0.1) is 0 Å². The van der Waals surface area contributed by atoms with Crippen LogP contribution < -0.4 is 0 Å². The van der Waals surface area contributed by atoms with Gasteiger partial charge in [-0.05, 0) is 59.1 Å². The number of allylic oxidation sites excluding steroid dienone is 1. The Morgan fingerprint density at radius 3 is 2.04 bits per heavy atom. The van der Waals surface area contributed by atoms with Crippen molar-refractivity contribution < 1.29 is 0 Å². The molecule has 0 bridgehead atoms. The molecule has 0 saturated heterocycles. The van der Waals surface area contributed by atoms with Crippen molar-refractivity contribution in [1.82, 2.24) is 0 Å². The van der Waals surface area contributed by atoms with Crippen molar-refractivity contribution in [3.05, 3.63) is 47.0 Å². The third-order valence-corrected chi connectivity index (χ3v) is 6.07. The maximum atomic E-state index is 4.25. The van der Waals surface area contributed by atoms with Crippen molar-refractivity contribution in [2.24, 2.45) is 5.92 Å². The minimum atomic E-state index is 0.225. The first kappa shape index (κ1) is 20.0. The van der Waals surface area contributed by atoms with E-state index in [0.717, 1.165) is 12.8 Å². The van der Waals surface area contributed by atoms with Crippen molar-refractivity contribution in [2.75, 3.05) is 0 Å². The summed E-state index contributed by atoms with van der Waals surface area (Å²) < 4.78 is 0. The van der Waals surface area contributed by atoms with Crippen LogP contribution in [0.3, 0.4) is 0 Å². The summed E-state index contributed by atoms with van der Waals surface area (Å²) in [6.45, 7) is 22.8. The van der Waals surface area contributed by atoms with Crippen molar-refractivity contribution in [2.45, 2.75) is 91.9 Å². The highest BCUT2D eigenvalue weighted by Crippen LogP contribution is 2.36. The van der Waals surface area contributed by atoms with Gasteiger partial charge >= 0.3 is 0 Å². The number of hydrogen-bond donors (Lipinski definition) is 0. The summed E-state index contributed by atoms with van der Waals surface area (Å²) in [5, 5.41) is 0. The fourth-order valence-electron chi connectivity index (χ4n) is 3.02. The van der Waals surface area contributed by atoms with Crippen molar-refractivity contribution in [3.63, 3.8) is 0 Å². The first-order valence-corrected chi connectivity index (χ1v) is 9.40. The van der Waals surface area contributed by atoms with Gasteiger partial charge in [-0.25, -0.2) is 0 Å². The topological polar surface area (TPSA) is 0 Å². The molecule has 0 spiro atoms. The molecule has 0 aliphatic carbocycles. The van der Waals surface area contributed by atoms with Crippen molar-refractivity contribution in [3.8, 4) is 0 Å². The minimum Gasteiger partial charge on any atom is -0.0996 e. The average molecular weight is 315 g/mol. The molecule has 1 aromatic carbocycles. The molecule has 130 valence electrons. The molecule has 1 rings (SSSR count). The predicted octanol–water partition coefficient (Wildman–Crippen LogP) is 7.21. The van der Waals surface area contributed by atoms with E-state index in [0.29, 0.717) is 5.92 Å². The van der Waals surface area contributed by atoms with Crippen LogP contribution in [0.4, 0.5) is 0 Å². The van der Waals surface area contributed by atoms with Gasteiger partial charge in [-0.1, -0.05) is 85.7 Å². The Bertz CT molecular complexity index is 531. The largest absolute Gasteiger partial charge is 0.0996 e. The van der Waals surface area contributed by atoms with Crippen LogP contribution in [0, 0.1) is 5.92 Å². The van der Waals surface area contributed by atoms with Gasteiger partial charge in [0, 0.05) is 0 Å². The molecular formula is C23H38. The first-order valence-electron chi connectivity index (χ1n) is 9.40. The van der Waals surface area contributed by atoms with Crippen LogP contribution in [0.25, 0.3) is 0 Å². The van der Waals surface area contributed by atoms with Crippen LogP contribution in [0.2, 0.25) is 0 Å². The van der Waals surface area contributed by atoms with Crippen LogP contribution >= 0.6 is 0 Å². The molecule has 0 amide bonds. The molecule has 0 fully saturated rings. The first-order chi connectivity index (χ1) is 10.6. The fraction of sp³-hybridized carbons (Fsp3) is 0.652. The second kappa shape index (κ2) is 7.69. The van der Waals surface area contributed by atoms with Gasteiger partial charge in [0.2, 0.25) is 0 Å². The molecule has 0 N–H and O–H groups in total. The summed E-state index contributed by atoms with van der Waals surface area (Å²) in [5.74, 6) is 0.552. The molecule has 0 aliphatic rings. The van der Waals surface area contributed by atoms with Gasteiger partial charge in [-0.3, -0.25) is 0 Å². The zero-order chi connectivity index (χ0) is 17.8. The normalized spacial score (nSPS) is 13.9. The Labute approximate surface area is 145 Å². The summed E-state index contributed by atoms with van der Waals surface area (Å²) in [6, 6.07) is 7.23. The molecule has 1 unspecified atom stereocenters. The average Bonchev–Trinajstić information content (AvgIpc) is 2.53. The van der Waals surface area contributed by atoms with Crippen molar-refractivity contribution in [1.29, 1.82) is 0 Å². The molecule has 0 radical (unpaired) electrons. The Hall–Kier alpha value is -1.04. The van der Waals surface area contributed by atoms with Crippen LogP contribution in [-0.4, -0.2) is 0 Å². The second-order valence-corrected chi connectivity index (χ2v) is 8.46. The second-order valence-electron chi connectivity index (χ2n) is 8.46. The summed E-state index contributed by atoms with van der Waals surface area (Å²) in [6.07, 6.45) is 4.52. The molecule has 0 heterocycles. The highest BCUT2D eigenvalue weighted by Gasteiger charge is 2.26. The Balaban J connectivity index is 3.33. The van der Waals surface area contributed by atoms with E-state index in [1.165, 1.54) is 35.1 Å². The summed E-state index contributed by atoms with van der Waals surface area (Å²) in [4.78, 5) is 0. The summed E-state index contributed by atoms with van der Waals surface area (Å²) in [7, 11) is 0. The highest BCUT2D eigenvalue weighted by atomic mass is 14.3. The Kier molecular flexibility index (Phi) is 6.69. The van der Waals surface area contributed by atoms with Gasteiger partial charge in [0.25, 0.3) is 0 Å². The van der Waals surface area contributed by atoms with E-state index >= 15 is 0 Å². The molecule has 0 aliphatic heterocycles. The maximum Gasteiger partial charge on any atom is -0.0103 e. The van der Waals surface area contributed by atoms with E-state index in [9.17, 15) is 0 Å². The van der Waals surface area contributed by atoms with Crippen LogP contribution in [0.15, 0.2) is 30.4 Å². The molecule has 1 atom stereocenters. The van der Waals surface area contributed by atoms with Gasteiger partial charge in [0.15, 0.2) is 0 Å². The summed E-state index contributed by atoms with van der Waals surface area (Å²) >= 11 is 0. The van der Waals surface area contributed by atoms with Crippen LogP contribution in [-0.2, 0) is 17.3 Å². The zero-order valence-corrected chi connectivity index (χ0v) is 16.8. The molecule has 0 heteroatoms. The molecule has 0 saturated carbocycles. The lowest BCUT2D eigenvalue weighted by atomic mass is 9.73. The SMILES string of the molecule is C=C(CC)C(C)Cc1ccc(C(C)(C)CC)cc1C(C)(C)CC. The third-order valence-electron chi connectivity index (χ3n) is 6.07. The lowest BCUT2D eigenvalue weighted by molar-refractivity contribution is 0.482. The highest BCUT2D eigenvalue weighted by molar-refractivity contribution is 5.40. The van der Waals surface area contributed by atoms with Crippen LogP contribution in [0.5, 0.6) is 0 Å². The van der Waals surface area contributed by atoms with Crippen LogP contribution in [0.1, 0.15) is 91.3 Å². The van der Waals surface area contributed by atoms with E-state index in [4.69, 9.17) is 0 Å².